The first-order chi connectivity index (χ1) is 11.2. The van der Waals surface area contributed by atoms with Crippen LogP contribution in [0.5, 0.6) is 0 Å². The Morgan fingerprint density at radius 3 is 2.96 bits per heavy atom. The number of carbonyl (C=O) groups excluding carboxylic acids is 1. The van der Waals surface area contributed by atoms with Gasteiger partial charge in [0.15, 0.2) is 0 Å². The monoisotopic (exact) mass is 361 g/mol. The SMILES string of the molecule is O=C(Nc1c2c(nn1-c1cccc(Cl)c1)CSC2)c1cccs1. The molecule has 0 bridgehead atoms. The van der Waals surface area contributed by atoms with Crippen LogP contribution in [0.3, 0.4) is 0 Å². The highest BCUT2D eigenvalue weighted by atomic mass is 35.5. The Morgan fingerprint density at radius 2 is 2.17 bits per heavy atom. The quantitative estimate of drug-likeness (QED) is 0.742. The average molecular weight is 362 g/mol. The van der Waals surface area contributed by atoms with Crippen LogP contribution >= 0.6 is 34.7 Å². The van der Waals surface area contributed by atoms with Crippen LogP contribution < -0.4 is 5.32 Å². The van der Waals surface area contributed by atoms with Crippen LogP contribution in [-0.2, 0) is 11.5 Å². The van der Waals surface area contributed by atoms with Crippen molar-refractivity contribution in [2.45, 2.75) is 11.5 Å². The standard InChI is InChI=1S/C16H12ClN3OS2/c17-10-3-1-4-11(7-10)20-15(12-8-22-9-13(12)19-20)18-16(21)14-5-2-6-23-14/h1-7H,8-9H2,(H,18,21). The Morgan fingerprint density at radius 1 is 1.26 bits per heavy atom. The molecule has 1 amide bonds. The number of hydrogen-bond donors (Lipinski definition) is 1. The lowest BCUT2D eigenvalue weighted by Gasteiger charge is -2.10. The number of aromatic nitrogens is 2. The van der Waals surface area contributed by atoms with Gasteiger partial charge in [0.2, 0.25) is 0 Å². The number of nitrogens with one attached hydrogen (secondary N) is 1. The molecule has 1 aliphatic heterocycles. The van der Waals surface area contributed by atoms with Gasteiger partial charge in [-0.1, -0.05) is 23.7 Å². The van der Waals surface area contributed by atoms with Crippen molar-refractivity contribution in [2.75, 3.05) is 5.32 Å². The molecule has 0 saturated heterocycles. The van der Waals surface area contributed by atoms with Gasteiger partial charge in [0.25, 0.3) is 5.91 Å². The molecule has 4 rings (SSSR count). The average Bonchev–Trinajstić information content (AvgIpc) is 3.25. The summed E-state index contributed by atoms with van der Waals surface area (Å²) in [5.41, 5.74) is 2.97. The van der Waals surface area contributed by atoms with Crippen molar-refractivity contribution in [2.24, 2.45) is 0 Å². The van der Waals surface area contributed by atoms with E-state index in [-0.39, 0.29) is 5.91 Å². The first kappa shape index (κ1) is 14.8. The molecular formula is C16H12ClN3OS2. The lowest BCUT2D eigenvalue weighted by atomic mass is 10.2. The van der Waals surface area contributed by atoms with E-state index in [0.717, 1.165) is 34.3 Å². The summed E-state index contributed by atoms with van der Waals surface area (Å²) < 4.78 is 1.78. The molecule has 3 aromatic rings. The summed E-state index contributed by atoms with van der Waals surface area (Å²) in [7, 11) is 0. The molecule has 116 valence electrons. The Bertz CT molecular complexity index is 874. The van der Waals surface area contributed by atoms with Gasteiger partial charge in [-0.25, -0.2) is 4.68 Å². The lowest BCUT2D eigenvalue weighted by Crippen LogP contribution is -2.15. The van der Waals surface area contributed by atoms with Crippen LogP contribution in [0.25, 0.3) is 5.69 Å². The molecule has 0 unspecified atom stereocenters. The Kier molecular flexibility index (Phi) is 3.88. The van der Waals surface area contributed by atoms with Crippen LogP contribution in [0.1, 0.15) is 20.9 Å². The predicted molar refractivity (Wildman–Crippen MR) is 95.8 cm³/mol. The topological polar surface area (TPSA) is 46.9 Å². The largest absolute Gasteiger partial charge is 0.305 e. The first-order valence-corrected chi connectivity index (χ1v) is 9.43. The maximum Gasteiger partial charge on any atom is 0.266 e. The molecule has 23 heavy (non-hydrogen) atoms. The fourth-order valence-electron chi connectivity index (χ4n) is 2.51. The number of rotatable bonds is 3. The number of halogens is 1. The van der Waals surface area contributed by atoms with E-state index in [9.17, 15) is 4.79 Å². The van der Waals surface area contributed by atoms with Gasteiger partial charge < -0.3 is 5.32 Å². The fourth-order valence-corrected chi connectivity index (χ4v) is 4.35. The van der Waals surface area contributed by atoms with E-state index in [2.05, 4.69) is 10.4 Å². The van der Waals surface area contributed by atoms with E-state index < -0.39 is 0 Å². The summed E-state index contributed by atoms with van der Waals surface area (Å²) >= 11 is 9.32. The number of fused-ring (bicyclic) bond motifs is 1. The third-order valence-corrected chi connectivity index (χ3v) is 5.66. The molecule has 0 atom stereocenters. The van der Waals surface area contributed by atoms with E-state index in [1.54, 1.807) is 16.4 Å². The van der Waals surface area contributed by atoms with Crippen LogP contribution in [0, 0.1) is 0 Å². The third-order valence-electron chi connectivity index (χ3n) is 3.58. The minimum Gasteiger partial charge on any atom is -0.305 e. The Hall–Kier alpha value is -1.76. The van der Waals surface area contributed by atoms with Crippen molar-refractivity contribution in [3.05, 3.63) is 62.9 Å². The Labute approximate surface area is 146 Å². The molecule has 7 heteroatoms. The number of anilines is 1. The second kappa shape index (κ2) is 6.03. The van der Waals surface area contributed by atoms with Gasteiger partial charge in [0, 0.05) is 22.1 Å². The minimum absolute atomic E-state index is 0.108. The normalized spacial score (nSPS) is 13.1. The number of amides is 1. The number of carbonyl (C=O) groups is 1. The van der Waals surface area contributed by atoms with E-state index in [1.807, 2.05) is 41.8 Å². The van der Waals surface area contributed by atoms with Crippen molar-refractivity contribution < 1.29 is 4.79 Å². The molecule has 2 aromatic heterocycles. The van der Waals surface area contributed by atoms with E-state index in [1.165, 1.54) is 11.3 Å². The number of thioether (sulfide) groups is 1. The van der Waals surface area contributed by atoms with Crippen LogP contribution in [0.15, 0.2) is 41.8 Å². The second-order valence-electron chi connectivity index (χ2n) is 5.09. The van der Waals surface area contributed by atoms with Gasteiger partial charge in [-0.15, -0.1) is 11.3 Å². The highest BCUT2D eigenvalue weighted by Crippen LogP contribution is 2.36. The van der Waals surface area contributed by atoms with Gasteiger partial charge >= 0.3 is 0 Å². The van der Waals surface area contributed by atoms with Crippen molar-refractivity contribution in [1.82, 2.24) is 9.78 Å². The minimum atomic E-state index is -0.108. The summed E-state index contributed by atoms with van der Waals surface area (Å²) in [5, 5.41) is 10.2. The van der Waals surface area contributed by atoms with Crippen LogP contribution in [0.2, 0.25) is 5.02 Å². The zero-order valence-corrected chi connectivity index (χ0v) is 14.3. The molecule has 0 fully saturated rings. The van der Waals surface area contributed by atoms with Gasteiger partial charge in [-0.05, 0) is 29.6 Å². The van der Waals surface area contributed by atoms with Crippen molar-refractivity contribution in [3.8, 4) is 5.69 Å². The smallest absolute Gasteiger partial charge is 0.266 e. The summed E-state index contributed by atoms with van der Waals surface area (Å²) in [5.74, 6) is 2.36. The third kappa shape index (κ3) is 2.78. The van der Waals surface area contributed by atoms with E-state index >= 15 is 0 Å². The summed E-state index contributed by atoms with van der Waals surface area (Å²) in [6.45, 7) is 0. The van der Waals surface area contributed by atoms with Gasteiger partial charge in [-0.2, -0.15) is 16.9 Å². The molecule has 1 N–H and O–H groups in total. The lowest BCUT2D eigenvalue weighted by molar-refractivity contribution is 0.102. The predicted octanol–water partition coefficient (Wildman–Crippen LogP) is 4.59. The van der Waals surface area contributed by atoms with E-state index in [0.29, 0.717) is 9.90 Å². The molecular weight excluding hydrogens is 350 g/mol. The number of hydrogen-bond acceptors (Lipinski definition) is 4. The molecule has 4 nitrogen and oxygen atoms in total. The molecule has 1 aromatic carbocycles. The maximum atomic E-state index is 12.4. The van der Waals surface area contributed by atoms with Gasteiger partial charge in [-0.3, -0.25) is 4.79 Å². The van der Waals surface area contributed by atoms with Gasteiger partial charge in [0.1, 0.15) is 5.82 Å². The zero-order valence-electron chi connectivity index (χ0n) is 12.0. The molecule has 0 spiro atoms. The fraction of sp³-hybridized carbons (Fsp3) is 0.125. The summed E-state index contributed by atoms with van der Waals surface area (Å²) in [4.78, 5) is 13.1. The molecule has 0 aliphatic carbocycles. The van der Waals surface area contributed by atoms with E-state index in [4.69, 9.17) is 11.6 Å². The molecule has 0 radical (unpaired) electrons. The van der Waals surface area contributed by atoms with Crippen LogP contribution in [-0.4, -0.2) is 15.7 Å². The Balaban J connectivity index is 1.77. The maximum absolute atomic E-state index is 12.4. The van der Waals surface area contributed by atoms with Crippen molar-refractivity contribution in [1.29, 1.82) is 0 Å². The molecule has 1 aliphatic rings. The first-order valence-electron chi connectivity index (χ1n) is 7.01. The second-order valence-corrected chi connectivity index (χ2v) is 7.46. The molecule has 0 saturated carbocycles. The van der Waals surface area contributed by atoms with Crippen LogP contribution in [0.4, 0.5) is 5.82 Å². The zero-order chi connectivity index (χ0) is 15.8. The highest BCUT2D eigenvalue weighted by molar-refractivity contribution is 7.98. The number of benzene rings is 1. The van der Waals surface area contributed by atoms with Crippen molar-refractivity contribution >= 4 is 46.4 Å². The highest BCUT2D eigenvalue weighted by Gasteiger charge is 2.25. The number of nitrogens with zero attached hydrogens (tertiary/aromatic N) is 2. The summed E-state index contributed by atoms with van der Waals surface area (Å²) in [6.07, 6.45) is 0. The number of thiophene rings is 1. The summed E-state index contributed by atoms with van der Waals surface area (Å²) in [6, 6.07) is 11.2. The van der Waals surface area contributed by atoms with Gasteiger partial charge in [0.05, 0.1) is 16.3 Å². The molecule has 3 heterocycles. The van der Waals surface area contributed by atoms with Crippen molar-refractivity contribution in [3.63, 3.8) is 0 Å².